The summed E-state index contributed by atoms with van der Waals surface area (Å²) in [5.41, 5.74) is 9.66. The maximum atomic E-state index is 6.39. The van der Waals surface area contributed by atoms with E-state index in [9.17, 15) is 0 Å². The largest absolute Gasteiger partial charge is 0.319 e. The molecule has 1 aromatic carbocycles. The number of nitrogens with two attached hydrogens (primary N) is 1. The summed E-state index contributed by atoms with van der Waals surface area (Å²) in [6.07, 6.45) is 1.79. The standard InChI is InChI=1S/C13H15Br2N3/c1-3-18-13(11(15)7-17-18)12(16)9-6-8(2)4-5-10(9)14/h4-7,12H,3,16H2,1-2H3. The van der Waals surface area contributed by atoms with Gasteiger partial charge in [-0.05, 0) is 41.4 Å². The van der Waals surface area contributed by atoms with E-state index in [1.807, 2.05) is 10.7 Å². The molecule has 96 valence electrons. The molecule has 0 bridgehead atoms. The Bertz CT molecular complexity index is 563. The summed E-state index contributed by atoms with van der Waals surface area (Å²) in [6.45, 7) is 4.92. The number of benzene rings is 1. The molecule has 0 aliphatic carbocycles. The van der Waals surface area contributed by atoms with Crippen LogP contribution in [0.25, 0.3) is 0 Å². The van der Waals surface area contributed by atoms with E-state index in [0.717, 1.165) is 26.7 Å². The normalized spacial score (nSPS) is 12.7. The number of rotatable bonds is 3. The van der Waals surface area contributed by atoms with Gasteiger partial charge in [-0.3, -0.25) is 4.68 Å². The molecule has 1 heterocycles. The first-order chi connectivity index (χ1) is 8.54. The molecule has 0 spiro atoms. The Hall–Kier alpha value is -0.650. The highest BCUT2D eigenvalue weighted by Crippen LogP contribution is 2.31. The van der Waals surface area contributed by atoms with Crippen molar-refractivity contribution in [3.8, 4) is 0 Å². The smallest absolute Gasteiger partial charge is 0.0745 e. The van der Waals surface area contributed by atoms with Crippen LogP contribution in [0.4, 0.5) is 0 Å². The summed E-state index contributed by atoms with van der Waals surface area (Å²) in [6, 6.07) is 6.00. The topological polar surface area (TPSA) is 43.8 Å². The van der Waals surface area contributed by atoms with E-state index >= 15 is 0 Å². The fraction of sp³-hybridized carbons (Fsp3) is 0.308. The Morgan fingerprint density at radius 2 is 2.06 bits per heavy atom. The molecule has 1 aromatic heterocycles. The Labute approximate surface area is 124 Å². The molecule has 0 aliphatic rings. The monoisotopic (exact) mass is 371 g/mol. The molecular formula is C13H15Br2N3. The van der Waals surface area contributed by atoms with Crippen LogP contribution >= 0.6 is 31.9 Å². The number of halogens is 2. The molecule has 0 saturated carbocycles. The number of aryl methyl sites for hydroxylation is 2. The molecule has 1 unspecified atom stereocenters. The third-order valence-corrected chi connectivity index (χ3v) is 4.25. The van der Waals surface area contributed by atoms with Crippen molar-refractivity contribution in [2.24, 2.45) is 5.73 Å². The van der Waals surface area contributed by atoms with Gasteiger partial charge in [0.05, 0.1) is 22.4 Å². The Morgan fingerprint density at radius 1 is 1.33 bits per heavy atom. The number of aromatic nitrogens is 2. The summed E-state index contributed by atoms with van der Waals surface area (Å²) in [4.78, 5) is 0. The Balaban J connectivity index is 2.50. The van der Waals surface area contributed by atoms with Gasteiger partial charge in [0.1, 0.15) is 0 Å². The lowest BCUT2D eigenvalue weighted by Crippen LogP contribution is -2.18. The van der Waals surface area contributed by atoms with Crippen LogP contribution in [-0.4, -0.2) is 9.78 Å². The van der Waals surface area contributed by atoms with Crippen molar-refractivity contribution in [1.29, 1.82) is 0 Å². The molecule has 2 aromatic rings. The lowest BCUT2D eigenvalue weighted by atomic mass is 10.0. The van der Waals surface area contributed by atoms with Gasteiger partial charge in [-0.25, -0.2) is 0 Å². The predicted octanol–water partition coefficient (Wildman–Crippen LogP) is 3.78. The van der Waals surface area contributed by atoms with Gasteiger partial charge >= 0.3 is 0 Å². The van der Waals surface area contributed by atoms with Crippen molar-refractivity contribution in [3.63, 3.8) is 0 Å². The second-order valence-corrected chi connectivity index (χ2v) is 5.90. The van der Waals surface area contributed by atoms with Gasteiger partial charge in [0, 0.05) is 11.0 Å². The zero-order valence-electron chi connectivity index (χ0n) is 10.3. The fourth-order valence-corrected chi connectivity index (χ4v) is 3.02. The van der Waals surface area contributed by atoms with Crippen LogP contribution in [0.2, 0.25) is 0 Å². The summed E-state index contributed by atoms with van der Waals surface area (Å²) in [5.74, 6) is 0. The first-order valence-corrected chi connectivity index (χ1v) is 7.36. The molecular weight excluding hydrogens is 358 g/mol. The average molecular weight is 373 g/mol. The van der Waals surface area contributed by atoms with E-state index < -0.39 is 0 Å². The molecule has 0 fully saturated rings. The predicted molar refractivity (Wildman–Crippen MR) is 80.5 cm³/mol. The van der Waals surface area contributed by atoms with Crippen molar-refractivity contribution in [2.75, 3.05) is 0 Å². The first kappa shape index (κ1) is 13.8. The van der Waals surface area contributed by atoms with Gasteiger partial charge < -0.3 is 5.73 Å². The summed E-state index contributed by atoms with van der Waals surface area (Å²) < 4.78 is 3.89. The maximum absolute atomic E-state index is 6.39. The fourth-order valence-electron chi connectivity index (χ4n) is 1.98. The van der Waals surface area contributed by atoms with E-state index in [1.54, 1.807) is 6.20 Å². The quantitative estimate of drug-likeness (QED) is 0.890. The molecule has 5 heteroatoms. The lowest BCUT2D eigenvalue weighted by molar-refractivity contribution is 0.599. The first-order valence-electron chi connectivity index (χ1n) is 5.77. The molecule has 0 saturated heterocycles. The van der Waals surface area contributed by atoms with Gasteiger partial charge in [0.2, 0.25) is 0 Å². The number of hydrogen-bond acceptors (Lipinski definition) is 2. The van der Waals surface area contributed by atoms with E-state index in [-0.39, 0.29) is 6.04 Å². The van der Waals surface area contributed by atoms with E-state index in [2.05, 4.69) is 62.9 Å². The van der Waals surface area contributed by atoms with Crippen LogP contribution in [0, 0.1) is 6.92 Å². The average Bonchev–Trinajstić information content (AvgIpc) is 2.72. The molecule has 0 amide bonds. The number of nitrogens with zero attached hydrogens (tertiary/aromatic N) is 2. The van der Waals surface area contributed by atoms with E-state index in [1.165, 1.54) is 5.56 Å². The molecule has 2 N–H and O–H groups in total. The van der Waals surface area contributed by atoms with Crippen molar-refractivity contribution >= 4 is 31.9 Å². The minimum atomic E-state index is -0.198. The number of hydrogen-bond donors (Lipinski definition) is 1. The Kier molecular flexibility index (Phi) is 4.25. The highest BCUT2D eigenvalue weighted by Gasteiger charge is 2.19. The molecule has 2 rings (SSSR count). The minimum absolute atomic E-state index is 0.198. The van der Waals surface area contributed by atoms with Crippen molar-refractivity contribution in [1.82, 2.24) is 9.78 Å². The highest BCUT2D eigenvalue weighted by molar-refractivity contribution is 9.10. The summed E-state index contributed by atoms with van der Waals surface area (Å²) >= 11 is 7.08. The van der Waals surface area contributed by atoms with Crippen LogP contribution in [0.5, 0.6) is 0 Å². The third kappa shape index (κ3) is 2.53. The van der Waals surface area contributed by atoms with Gasteiger partial charge in [-0.2, -0.15) is 5.10 Å². The minimum Gasteiger partial charge on any atom is -0.319 e. The third-order valence-electron chi connectivity index (χ3n) is 2.91. The second-order valence-electron chi connectivity index (χ2n) is 4.20. The lowest BCUT2D eigenvalue weighted by Gasteiger charge is -2.17. The zero-order valence-corrected chi connectivity index (χ0v) is 13.5. The summed E-state index contributed by atoms with van der Waals surface area (Å²) in [5, 5.41) is 4.31. The van der Waals surface area contributed by atoms with Crippen LogP contribution in [0.3, 0.4) is 0 Å². The maximum Gasteiger partial charge on any atom is 0.0745 e. The van der Waals surface area contributed by atoms with Crippen LogP contribution < -0.4 is 5.73 Å². The van der Waals surface area contributed by atoms with Gasteiger partial charge in [-0.1, -0.05) is 33.6 Å². The SMILES string of the molecule is CCn1ncc(Br)c1C(N)c1cc(C)ccc1Br. The van der Waals surface area contributed by atoms with Crippen molar-refractivity contribution < 1.29 is 0 Å². The van der Waals surface area contributed by atoms with E-state index in [0.29, 0.717) is 0 Å². The molecule has 1 atom stereocenters. The highest BCUT2D eigenvalue weighted by atomic mass is 79.9. The van der Waals surface area contributed by atoms with Gasteiger partial charge in [-0.15, -0.1) is 0 Å². The summed E-state index contributed by atoms with van der Waals surface area (Å²) in [7, 11) is 0. The van der Waals surface area contributed by atoms with Crippen LogP contribution in [0.1, 0.15) is 29.8 Å². The molecule has 3 nitrogen and oxygen atoms in total. The zero-order chi connectivity index (χ0) is 13.3. The second kappa shape index (κ2) is 5.55. The van der Waals surface area contributed by atoms with Crippen molar-refractivity contribution in [2.45, 2.75) is 26.4 Å². The molecule has 0 aliphatic heterocycles. The molecule has 0 radical (unpaired) electrons. The van der Waals surface area contributed by atoms with Crippen molar-refractivity contribution in [3.05, 3.63) is 50.2 Å². The van der Waals surface area contributed by atoms with Crippen LogP contribution in [0.15, 0.2) is 33.3 Å². The van der Waals surface area contributed by atoms with E-state index in [4.69, 9.17) is 5.73 Å². The Morgan fingerprint density at radius 3 is 2.72 bits per heavy atom. The van der Waals surface area contributed by atoms with Crippen LogP contribution in [-0.2, 0) is 6.54 Å². The van der Waals surface area contributed by atoms with Gasteiger partial charge in [0.25, 0.3) is 0 Å². The molecule has 18 heavy (non-hydrogen) atoms. The van der Waals surface area contributed by atoms with Gasteiger partial charge in [0.15, 0.2) is 0 Å².